The van der Waals surface area contributed by atoms with Gasteiger partial charge in [-0.1, -0.05) is 71.2 Å². The summed E-state index contributed by atoms with van der Waals surface area (Å²) in [6.45, 7) is 8.72. The van der Waals surface area contributed by atoms with Crippen LogP contribution in [0.4, 0.5) is 5.69 Å². The number of amides is 2. The first-order valence-electron chi connectivity index (χ1n) is 12.9. The molecule has 0 saturated heterocycles. The monoisotopic (exact) mass is 603 g/mol. The number of aryl methyl sites for hydroxylation is 1. The van der Waals surface area contributed by atoms with E-state index in [-0.39, 0.29) is 33.1 Å². The molecule has 0 aliphatic rings. The third kappa shape index (κ3) is 8.22. The zero-order chi connectivity index (χ0) is 29.7. The SMILES string of the molecule is Cc1ccc(S(=O)(=O)N(CC(=O)N(CCc2ccccc2)[C@H](C)C(=O)NC(C)(C)C)c2ccc(Cl)c(Cl)c2)cc1. The summed E-state index contributed by atoms with van der Waals surface area (Å²) >= 11 is 12.3. The number of halogens is 2. The predicted octanol–water partition coefficient (Wildman–Crippen LogP) is 5.87. The van der Waals surface area contributed by atoms with Crippen molar-refractivity contribution in [2.45, 2.75) is 57.5 Å². The first-order chi connectivity index (χ1) is 18.7. The molecule has 3 aromatic carbocycles. The molecule has 2 amide bonds. The van der Waals surface area contributed by atoms with Gasteiger partial charge in [0.1, 0.15) is 12.6 Å². The Morgan fingerprint density at radius 1 is 0.925 bits per heavy atom. The number of nitrogens with zero attached hydrogens (tertiary/aromatic N) is 2. The fourth-order valence-corrected chi connectivity index (χ4v) is 5.75. The second kappa shape index (κ2) is 13.1. The van der Waals surface area contributed by atoms with Gasteiger partial charge >= 0.3 is 0 Å². The summed E-state index contributed by atoms with van der Waals surface area (Å²) in [5, 5.41) is 3.31. The van der Waals surface area contributed by atoms with Gasteiger partial charge in [-0.25, -0.2) is 8.42 Å². The normalized spacial score (nSPS) is 12.5. The van der Waals surface area contributed by atoms with Gasteiger partial charge in [-0.15, -0.1) is 0 Å². The van der Waals surface area contributed by atoms with E-state index in [9.17, 15) is 18.0 Å². The van der Waals surface area contributed by atoms with Crippen molar-refractivity contribution in [1.82, 2.24) is 10.2 Å². The van der Waals surface area contributed by atoms with Crippen LogP contribution in [0.25, 0.3) is 0 Å². The van der Waals surface area contributed by atoms with Crippen molar-refractivity contribution < 1.29 is 18.0 Å². The molecule has 0 spiro atoms. The Labute approximate surface area is 247 Å². The minimum atomic E-state index is -4.19. The highest BCUT2D eigenvalue weighted by Crippen LogP contribution is 2.31. The minimum Gasteiger partial charge on any atom is -0.350 e. The van der Waals surface area contributed by atoms with Crippen molar-refractivity contribution in [1.29, 1.82) is 0 Å². The second-order valence-corrected chi connectivity index (χ2v) is 13.3. The molecule has 0 radical (unpaired) electrons. The van der Waals surface area contributed by atoms with Crippen molar-refractivity contribution in [2.75, 3.05) is 17.4 Å². The standard InChI is InChI=1S/C30H35Cl2N3O4S/c1-21-11-14-25(15-12-21)40(38,39)35(24-13-16-26(31)27(32)19-24)20-28(36)34(18-17-23-9-7-6-8-10-23)22(2)29(37)33-30(3,4)5/h6-16,19,22H,17-18,20H2,1-5H3,(H,33,37)/t22-/m1/s1. The van der Waals surface area contributed by atoms with Gasteiger partial charge < -0.3 is 10.2 Å². The maximum Gasteiger partial charge on any atom is 0.264 e. The number of hydrogen-bond acceptors (Lipinski definition) is 4. The Bertz CT molecular complexity index is 1440. The van der Waals surface area contributed by atoms with Crippen LogP contribution in [0, 0.1) is 6.92 Å². The number of carbonyl (C=O) groups excluding carboxylic acids is 2. The average Bonchev–Trinajstić information content (AvgIpc) is 2.88. The summed E-state index contributed by atoms with van der Waals surface area (Å²) in [5.41, 5.74) is 1.54. The molecule has 40 heavy (non-hydrogen) atoms. The Hall–Kier alpha value is -3.07. The second-order valence-electron chi connectivity index (χ2n) is 10.7. The van der Waals surface area contributed by atoms with Gasteiger partial charge in [0, 0.05) is 12.1 Å². The molecular weight excluding hydrogens is 569 g/mol. The van der Waals surface area contributed by atoms with Crippen LogP contribution in [0.5, 0.6) is 0 Å². The molecule has 0 aliphatic carbocycles. The molecule has 0 unspecified atom stereocenters. The summed E-state index contributed by atoms with van der Waals surface area (Å²) in [7, 11) is -4.19. The molecule has 0 saturated carbocycles. The largest absolute Gasteiger partial charge is 0.350 e. The van der Waals surface area contributed by atoms with E-state index in [1.165, 1.54) is 35.2 Å². The van der Waals surface area contributed by atoms with Crippen LogP contribution in [0.3, 0.4) is 0 Å². The molecule has 10 heteroatoms. The minimum absolute atomic E-state index is 0.0198. The van der Waals surface area contributed by atoms with Crippen LogP contribution in [-0.2, 0) is 26.0 Å². The third-order valence-corrected chi connectivity index (χ3v) is 8.76. The fraction of sp³-hybridized carbons (Fsp3) is 0.333. The molecule has 7 nitrogen and oxygen atoms in total. The van der Waals surface area contributed by atoms with Gasteiger partial charge in [0.2, 0.25) is 11.8 Å². The van der Waals surface area contributed by atoms with E-state index in [2.05, 4.69) is 5.32 Å². The Balaban J connectivity index is 2.01. The van der Waals surface area contributed by atoms with Crippen molar-refractivity contribution in [3.8, 4) is 0 Å². The smallest absolute Gasteiger partial charge is 0.264 e. The maximum atomic E-state index is 13.9. The molecule has 214 valence electrons. The van der Waals surface area contributed by atoms with Crippen LogP contribution in [0.15, 0.2) is 77.7 Å². The first-order valence-corrected chi connectivity index (χ1v) is 15.1. The van der Waals surface area contributed by atoms with E-state index in [1.54, 1.807) is 19.1 Å². The number of nitrogens with one attached hydrogen (secondary N) is 1. The van der Waals surface area contributed by atoms with Gasteiger partial charge in [-0.3, -0.25) is 13.9 Å². The van der Waals surface area contributed by atoms with Crippen molar-refractivity contribution in [2.24, 2.45) is 0 Å². The van der Waals surface area contributed by atoms with Gasteiger partial charge in [0.05, 0.1) is 20.6 Å². The van der Waals surface area contributed by atoms with E-state index >= 15 is 0 Å². The Kier molecular flexibility index (Phi) is 10.3. The number of hydrogen-bond donors (Lipinski definition) is 1. The van der Waals surface area contributed by atoms with Crippen molar-refractivity contribution in [3.63, 3.8) is 0 Å². The van der Waals surface area contributed by atoms with Crippen LogP contribution < -0.4 is 9.62 Å². The number of sulfonamides is 1. The van der Waals surface area contributed by atoms with Gasteiger partial charge in [0.25, 0.3) is 10.0 Å². The summed E-state index contributed by atoms with van der Waals surface area (Å²) in [6, 6.07) is 19.5. The quantitative estimate of drug-likeness (QED) is 0.314. The topological polar surface area (TPSA) is 86.8 Å². The highest BCUT2D eigenvalue weighted by atomic mass is 35.5. The average molecular weight is 605 g/mol. The number of carbonyl (C=O) groups is 2. The van der Waals surface area contributed by atoms with E-state index in [1.807, 2.05) is 58.0 Å². The molecule has 1 atom stereocenters. The molecule has 1 N–H and O–H groups in total. The molecule has 0 bridgehead atoms. The highest BCUT2D eigenvalue weighted by molar-refractivity contribution is 7.92. The zero-order valence-corrected chi connectivity index (χ0v) is 25.6. The van der Waals surface area contributed by atoms with Crippen LogP contribution in [-0.4, -0.2) is 49.8 Å². The lowest BCUT2D eigenvalue weighted by atomic mass is 10.1. The number of benzene rings is 3. The van der Waals surface area contributed by atoms with E-state index < -0.39 is 34.1 Å². The lowest BCUT2D eigenvalue weighted by Crippen LogP contribution is -2.55. The van der Waals surface area contributed by atoms with Gasteiger partial charge in [0.15, 0.2) is 0 Å². The Morgan fingerprint density at radius 2 is 1.55 bits per heavy atom. The molecule has 0 heterocycles. The molecule has 3 aromatic rings. The third-order valence-electron chi connectivity index (χ3n) is 6.23. The number of rotatable bonds is 10. The lowest BCUT2D eigenvalue weighted by Gasteiger charge is -2.33. The molecule has 0 fully saturated rings. The van der Waals surface area contributed by atoms with E-state index in [0.717, 1.165) is 15.4 Å². The molecular formula is C30H35Cl2N3O4S. The summed E-state index contributed by atoms with van der Waals surface area (Å²) < 4.78 is 28.7. The summed E-state index contributed by atoms with van der Waals surface area (Å²) in [6.07, 6.45) is 0.483. The zero-order valence-electron chi connectivity index (χ0n) is 23.3. The maximum absolute atomic E-state index is 13.9. The van der Waals surface area contributed by atoms with Crippen LogP contribution in [0.2, 0.25) is 10.0 Å². The summed E-state index contributed by atoms with van der Waals surface area (Å²) in [4.78, 5) is 28.5. The van der Waals surface area contributed by atoms with Gasteiger partial charge in [-0.2, -0.15) is 0 Å². The first kappa shape index (κ1) is 31.5. The Morgan fingerprint density at radius 3 is 2.12 bits per heavy atom. The fourth-order valence-electron chi connectivity index (χ4n) is 4.05. The van der Waals surface area contributed by atoms with Gasteiger partial charge in [-0.05, 0) is 76.9 Å². The summed E-state index contributed by atoms with van der Waals surface area (Å²) in [5.74, 6) is -0.870. The predicted molar refractivity (Wildman–Crippen MR) is 161 cm³/mol. The molecule has 3 rings (SSSR count). The van der Waals surface area contributed by atoms with E-state index in [0.29, 0.717) is 6.42 Å². The number of anilines is 1. The lowest BCUT2D eigenvalue weighted by molar-refractivity contribution is -0.139. The van der Waals surface area contributed by atoms with Crippen molar-refractivity contribution >= 4 is 50.7 Å². The van der Waals surface area contributed by atoms with E-state index in [4.69, 9.17) is 23.2 Å². The van der Waals surface area contributed by atoms with Crippen LogP contribution >= 0.6 is 23.2 Å². The highest BCUT2D eigenvalue weighted by Gasteiger charge is 2.33. The van der Waals surface area contributed by atoms with Crippen LogP contribution in [0.1, 0.15) is 38.8 Å². The van der Waals surface area contributed by atoms with Crippen molar-refractivity contribution in [3.05, 3.63) is 94.0 Å². The molecule has 0 aromatic heterocycles. The molecule has 0 aliphatic heterocycles.